The Labute approximate surface area is 134 Å². The molecule has 2 aliphatic rings. The summed E-state index contributed by atoms with van der Waals surface area (Å²) in [5.41, 5.74) is 8.90. The van der Waals surface area contributed by atoms with E-state index in [1.54, 1.807) is 5.01 Å². The lowest BCUT2D eigenvalue weighted by atomic mass is 10.1. The Bertz CT molecular complexity index is 477. The molecule has 0 aromatic rings. The van der Waals surface area contributed by atoms with E-state index in [2.05, 4.69) is 47.6 Å². The largest absolute Gasteiger partial charge is 0.401 e. The Morgan fingerprint density at radius 2 is 1.91 bits per heavy atom. The average Bonchev–Trinajstić information content (AvgIpc) is 2.48. The smallest absolute Gasteiger partial charge is 0.0832 e. The molecule has 2 heterocycles. The molecule has 0 bridgehead atoms. The zero-order chi connectivity index (χ0) is 16.1. The third-order valence-corrected chi connectivity index (χ3v) is 4.05. The summed E-state index contributed by atoms with van der Waals surface area (Å²) in [7, 11) is 0. The van der Waals surface area contributed by atoms with Crippen LogP contribution in [0.5, 0.6) is 0 Å². The SMILES string of the molecule is C=NN1C=CC(CN2CCN(CC(C)C)CC2)=C/C1=C(/C)N. The van der Waals surface area contributed by atoms with Crippen LogP contribution < -0.4 is 5.73 Å². The fourth-order valence-corrected chi connectivity index (χ4v) is 2.96. The van der Waals surface area contributed by atoms with Crippen molar-refractivity contribution < 1.29 is 0 Å². The van der Waals surface area contributed by atoms with Gasteiger partial charge in [-0.3, -0.25) is 4.90 Å². The van der Waals surface area contributed by atoms with Gasteiger partial charge in [0.25, 0.3) is 0 Å². The number of nitrogens with two attached hydrogens (primary N) is 1. The molecular formula is C17H29N5. The predicted molar refractivity (Wildman–Crippen MR) is 93.2 cm³/mol. The summed E-state index contributed by atoms with van der Waals surface area (Å²) >= 11 is 0. The van der Waals surface area contributed by atoms with Gasteiger partial charge in [-0.1, -0.05) is 13.8 Å². The van der Waals surface area contributed by atoms with Gasteiger partial charge in [0.05, 0.1) is 5.70 Å². The molecule has 122 valence electrons. The number of allylic oxidation sites excluding steroid dienone is 2. The highest BCUT2D eigenvalue weighted by atomic mass is 15.4. The maximum atomic E-state index is 5.94. The zero-order valence-electron chi connectivity index (χ0n) is 14.1. The van der Waals surface area contributed by atoms with E-state index >= 15 is 0 Å². The highest BCUT2D eigenvalue weighted by molar-refractivity contribution is 5.38. The van der Waals surface area contributed by atoms with Gasteiger partial charge in [-0.15, -0.1) is 0 Å². The van der Waals surface area contributed by atoms with Crippen LogP contribution in [0, 0.1) is 5.92 Å². The number of hydrogen-bond donors (Lipinski definition) is 1. The molecule has 5 nitrogen and oxygen atoms in total. The molecule has 2 N–H and O–H groups in total. The van der Waals surface area contributed by atoms with Gasteiger partial charge in [-0.05, 0) is 30.6 Å². The molecule has 1 fully saturated rings. The minimum absolute atomic E-state index is 0.744. The molecule has 0 atom stereocenters. The van der Waals surface area contributed by atoms with Crippen LogP contribution in [0.2, 0.25) is 0 Å². The van der Waals surface area contributed by atoms with Gasteiger partial charge in [-0.2, -0.15) is 5.10 Å². The van der Waals surface area contributed by atoms with Crippen molar-refractivity contribution >= 4 is 6.72 Å². The van der Waals surface area contributed by atoms with Crippen LogP contribution in [0.4, 0.5) is 0 Å². The highest BCUT2D eigenvalue weighted by Crippen LogP contribution is 2.20. The number of hydrogen-bond acceptors (Lipinski definition) is 5. The maximum absolute atomic E-state index is 5.94. The fourth-order valence-electron chi connectivity index (χ4n) is 2.96. The molecule has 2 rings (SSSR count). The van der Waals surface area contributed by atoms with Crippen LogP contribution in [-0.2, 0) is 0 Å². The van der Waals surface area contributed by atoms with Gasteiger partial charge in [0.1, 0.15) is 0 Å². The van der Waals surface area contributed by atoms with E-state index in [1.165, 1.54) is 12.1 Å². The van der Waals surface area contributed by atoms with E-state index in [9.17, 15) is 0 Å². The zero-order valence-corrected chi connectivity index (χ0v) is 14.1. The Balaban J connectivity index is 1.91. The van der Waals surface area contributed by atoms with Gasteiger partial charge in [0.2, 0.25) is 0 Å². The average molecular weight is 303 g/mol. The van der Waals surface area contributed by atoms with Crippen LogP contribution in [0.3, 0.4) is 0 Å². The van der Waals surface area contributed by atoms with Gasteiger partial charge in [-0.25, -0.2) is 5.01 Å². The summed E-state index contributed by atoms with van der Waals surface area (Å²) < 4.78 is 0. The quantitative estimate of drug-likeness (QED) is 0.787. The van der Waals surface area contributed by atoms with Crippen LogP contribution in [-0.4, -0.2) is 60.8 Å². The molecule has 2 aliphatic heterocycles. The second-order valence-corrected chi connectivity index (χ2v) is 6.56. The molecule has 0 spiro atoms. The topological polar surface area (TPSA) is 48.1 Å². The first-order valence-electron chi connectivity index (χ1n) is 8.05. The molecule has 22 heavy (non-hydrogen) atoms. The van der Waals surface area contributed by atoms with Crippen LogP contribution in [0.1, 0.15) is 20.8 Å². The summed E-state index contributed by atoms with van der Waals surface area (Å²) in [6, 6.07) is 0. The summed E-state index contributed by atoms with van der Waals surface area (Å²) in [5.74, 6) is 0.744. The lowest BCUT2D eigenvalue weighted by Crippen LogP contribution is -2.47. The Morgan fingerprint density at radius 1 is 1.27 bits per heavy atom. The van der Waals surface area contributed by atoms with E-state index in [1.807, 2.05) is 13.1 Å². The second-order valence-electron chi connectivity index (χ2n) is 6.56. The molecule has 5 heteroatoms. The molecule has 0 aromatic heterocycles. The molecule has 0 unspecified atom stereocenters. The maximum Gasteiger partial charge on any atom is 0.0832 e. The third kappa shape index (κ3) is 4.45. The lowest BCUT2D eigenvalue weighted by Gasteiger charge is -2.36. The standard InChI is InChI=1S/C17H29N5/c1-14(2)12-20-7-9-21(10-8-20)13-16-5-6-22(19-4)17(11-16)15(3)18/h5-6,11,14H,4,7-10,12-13,18H2,1-3H3/b17-15+. The van der Waals surface area contributed by atoms with E-state index < -0.39 is 0 Å². The monoisotopic (exact) mass is 303 g/mol. The first kappa shape index (κ1) is 16.8. The van der Waals surface area contributed by atoms with Crippen molar-refractivity contribution in [3.63, 3.8) is 0 Å². The number of nitrogens with zero attached hydrogens (tertiary/aromatic N) is 4. The minimum Gasteiger partial charge on any atom is -0.401 e. The number of rotatable bonds is 5. The van der Waals surface area contributed by atoms with Gasteiger partial charge in [0, 0.05) is 57.9 Å². The summed E-state index contributed by atoms with van der Waals surface area (Å²) in [4.78, 5) is 5.07. The Morgan fingerprint density at radius 3 is 2.45 bits per heavy atom. The lowest BCUT2D eigenvalue weighted by molar-refractivity contribution is 0.130. The van der Waals surface area contributed by atoms with Crippen molar-refractivity contribution in [2.45, 2.75) is 20.8 Å². The summed E-state index contributed by atoms with van der Waals surface area (Å²) in [6.45, 7) is 16.8. The molecule has 0 amide bonds. The predicted octanol–water partition coefficient (Wildman–Crippen LogP) is 1.82. The fraction of sp³-hybridized carbons (Fsp3) is 0.588. The summed E-state index contributed by atoms with van der Waals surface area (Å²) in [6.07, 6.45) is 6.15. The number of piperazine rings is 1. The Kier molecular flexibility index (Phi) is 5.80. The highest BCUT2D eigenvalue weighted by Gasteiger charge is 2.19. The van der Waals surface area contributed by atoms with E-state index in [0.717, 1.165) is 50.0 Å². The molecule has 0 saturated carbocycles. The van der Waals surface area contributed by atoms with Crippen molar-refractivity contribution in [1.29, 1.82) is 0 Å². The van der Waals surface area contributed by atoms with E-state index in [0.29, 0.717) is 0 Å². The minimum atomic E-state index is 0.744. The Hall–Kier alpha value is -1.59. The van der Waals surface area contributed by atoms with Crippen molar-refractivity contribution in [3.05, 3.63) is 35.3 Å². The van der Waals surface area contributed by atoms with Gasteiger partial charge >= 0.3 is 0 Å². The molecular weight excluding hydrogens is 274 g/mol. The van der Waals surface area contributed by atoms with E-state index in [4.69, 9.17) is 5.73 Å². The van der Waals surface area contributed by atoms with Gasteiger partial charge < -0.3 is 10.6 Å². The van der Waals surface area contributed by atoms with Crippen molar-refractivity contribution in [1.82, 2.24) is 14.8 Å². The molecule has 0 aromatic carbocycles. The first-order valence-corrected chi connectivity index (χ1v) is 8.05. The molecule has 1 saturated heterocycles. The molecule has 0 radical (unpaired) electrons. The van der Waals surface area contributed by atoms with Crippen molar-refractivity contribution in [2.24, 2.45) is 16.8 Å². The molecule has 0 aliphatic carbocycles. The van der Waals surface area contributed by atoms with E-state index in [-0.39, 0.29) is 0 Å². The van der Waals surface area contributed by atoms with Crippen molar-refractivity contribution in [2.75, 3.05) is 39.3 Å². The van der Waals surface area contributed by atoms with Gasteiger partial charge in [0.15, 0.2) is 0 Å². The van der Waals surface area contributed by atoms with Crippen LogP contribution in [0.15, 0.2) is 40.4 Å². The van der Waals surface area contributed by atoms with Crippen LogP contribution in [0.25, 0.3) is 0 Å². The van der Waals surface area contributed by atoms with Crippen molar-refractivity contribution in [3.8, 4) is 0 Å². The number of hydrazone groups is 1. The normalized spacial score (nSPS) is 22.9. The first-order chi connectivity index (χ1) is 10.5. The third-order valence-electron chi connectivity index (χ3n) is 4.05. The van der Waals surface area contributed by atoms with Crippen LogP contribution >= 0.6 is 0 Å². The second kappa shape index (κ2) is 7.61. The summed E-state index contributed by atoms with van der Waals surface area (Å²) in [5, 5.41) is 5.68.